The van der Waals surface area contributed by atoms with Crippen molar-refractivity contribution in [3.05, 3.63) is 53.6 Å². The second-order valence-electron chi connectivity index (χ2n) is 5.26. The van der Waals surface area contributed by atoms with Gasteiger partial charge < -0.3 is 15.0 Å². The van der Waals surface area contributed by atoms with E-state index in [9.17, 15) is 0 Å². The molecular formula is C17H20N2O. The summed E-state index contributed by atoms with van der Waals surface area (Å²) in [6.45, 7) is 4.56. The zero-order valence-corrected chi connectivity index (χ0v) is 12.0. The maximum Gasteiger partial charge on any atom is 0.147 e. The Morgan fingerprint density at radius 3 is 2.75 bits per heavy atom. The molecule has 1 aliphatic rings. The molecule has 2 aromatic rings. The van der Waals surface area contributed by atoms with Crippen molar-refractivity contribution >= 4 is 11.4 Å². The van der Waals surface area contributed by atoms with E-state index in [1.54, 1.807) is 0 Å². The molecule has 0 amide bonds. The third-order valence-corrected chi connectivity index (χ3v) is 3.64. The molecule has 0 aromatic heterocycles. The molecule has 0 aliphatic carbocycles. The highest BCUT2D eigenvalue weighted by Crippen LogP contribution is 2.32. The Bertz CT molecular complexity index is 592. The van der Waals surface area contributed by atoms with Gasteiger partial charge in [0.25, 0.3) is 0 Å². The van der Waals surface area contributed by atoms with Crippen molar-refractivity contribution in [1.29, 1.82) is 0 Å². The number of hydrogen-bond acceptors (Lipinski definition) is 3. The van der Waals surface area contributed by atoms with E-state index in [0.29, 0.717) is 0 Å². The molecule has 0 spiro atoms. The van der Waals surface area contributed by atoms with E-state index >= 15 is 0 Å². The maximum atomic E-state index is 5.82. The minimum atomic E-state index is 0.734. The molecular weight excluding hydrogens is 248 g/mol. The molecule has 20 heavy (non-hydrogen) atoms. The number of benzene rings is 2. The first kappa shape index (κ1) is 12.9. The van der Waals surface area contributed by atoms with Gasteiger partial charge in [-0.15, -0.1) is 0 Å². The van der Waals surface area contributed by atoms with Gasteiger partial charge in [-0.05, 0) is 25.1 Å². The van der Waals surface area contributed by atoms with E-state index < -0.39 is 0 Å². The standard InChI is InChI=1S/C17H20N2O/c1-13-6-8-15(9-7-13)19(2)12-14-4-3-5-16-17(14)20-11-10-18-16/h3-9,18H,10-12H2,1-2H3. The summed E-state index contributed by atoms with van der Waals surface area (Å²) in [6, 6.07) is 14.9. The molecule has 0 radical (unpaired) electrons. The van der Waals surface area contributed by atoms with Crippen LogP contribution in [0.15, 0.2) is 42.5 Å². The van der Waals surface area contributed by atoms with Gasteiger partial charge >= 0.3 is 0 Å². The molecule has 0 saturated heterocycles. The molecule has 0 bridgehead atoms. The predicted molar refractivity (Wildman–Crippen MR) is 83.7 cm³/mol. The van der Waals surface area contributed by atoms with Crippen molar-refractivity contribution in [1.82, 2.24) is 0 Å². The highest BCUT2D eigenvalue weighted by Gasteiger charge is 2.15. The van der Waals surface area contributed by atoms with Crippen molar-refractivity contribution in [2.24, 2.45) is 0 Å². The lowest BCUT2D eigenvalue weighted by atomic mass is 10.1. The van der Waals surface area contributed by atoms with Gasteiger partial charge in [0.2, 0.25) is 0 Å². The number of para-hydroxylation sites is 1. The number of nitrogens with one attached hydrogen (secondary N) is 1. The Labute approximate surface area is 120 Å². The van der Waals surface area contributed by atoms with Crippen LogP contribution >= 0.6 is 0 Å². The van der Waals surface area contributed by atoms with Crippen LogP contribution in [0.2, 0.25) is 0 Å². The minimum Gasteiger partial charge on any atom is -0.489 e. The second kappa shape index (κ2) is 5.45. The van der Waals surface area contributed by atoms with Crippen molar-refractivity contribution < 1.29 is 4.74 Å². The van der Waals surface area contributed by atoms with Gasteiger partial charge in [0.1, 0.15) is 12.4 Å². The number of hydrogen-bond donors (Lipinski definition) is 1. The normalized spacial score (nSPS) is 13.1. The third kappa shape index (κ3) is 2.57. The maximum absolute atomic E-state index is 5.82. The van der Waals surface area contributed by atoms with E-state index in [4.69, 9.17) is 4.74 Å². The van der Waals surface area contributed by atoms with E-state index in [0.717, 1.165) is 31.1 Å². The van der Waals surface area contributed by atoms with Crippen LogP contribution in [0.5, 0.6) is 5.75 Å². The molecule has 3 heteroatoms. The summed E-state index contributed by atoms with van der Waals surface area (Å²) >= 11 is 0. The SMILES string of the molecule is Cc1ccc(N(C)Cc2cccc3c2OCCN3)cc1. The van der Waals surface area contributed by atoms with Gasteiger partial charge in [-0.25, -0.2) is 0 Å². The molecule has 3 rings (SSSR count). The fraction of sp³-hybridized carbons (Fsp3) is 0.294. The van der Waals surface area contributed by atoms with Crippen LogP contribution in [-0.2, 0) is 6.54 Å². The second-order valence-corrected chi connectivity index (χ2v) is 5.26. The van der Waals surface area contributed by atoms with Crippen LogP contribution in [0.3, 0.4) is 0 Å². The van der Waals surface area contributed by atoms with Crippen LogP contribution in [0.1, 0.15) is 11.1 Å². The van der Waals surface area contributed by atoms with E-state index in [1.807, 2.05) is 0 Å². The summed E-state index contributed by atoms with van der Waals surface area (Å²) in [6.07, 6.45) is 0. The Kier molecular flexibility index (Phi) is 3.50. The Morgan fingerprint density at radius 2 is 1.95 bits per heavy atom. The molecule has 0 unspecified atom stereocenters. The highest BCUT2D eigenvalue weighted by atomic mass is 16.5. The lowest BCUT2D eigenvalue weighted by Crippen LogP contribution is -2.22. The van der Waals surface area contributed by atoms with Crippen LogP contribution in [0.25, 0.3) is 0 Å². The summed E-state index contributed by atoms with van der Waals surface area (Å²) in [5.41, 5.74) is 4.83. The molecule has 0 atom stereocenters. The predicted octanol–water partition coefficient (Wildman–Crippen LogP) is 3.44. The molecule has 0 saturated carbocycles. The summed E-state index contributed by atoms with van der Waals surface area (Å²) in [5, 5.41) is 3.38. The smallest absolute Gasteiger partial charge is 0.147 e. The van der Waals surface area contributed by atoms with Gasteiger partial charge in [0.15, 0.2) is 0 Å². The van der Waals surface area contributed by atoms with Gasteiger partial charge in [-0.3, -0.25) is 0 Å². The van der Waals surface area contributed by atoms with Crippen LogP contribution < -0.4 is 15.0 Å². The fourth-order valence-electron chi connectivity index (χ4n) is 2.50. The van der Waals surface area contributed by atoms with Crippen LogP contribution in [0.4, 0.5) is 11.4 Å². The van der Waals surface area contributed by atoms with Gasteiger partial charge in [0, 0.05) is 31.4 Å². The zero-order valence-electron chi connectivity index (χ0n) is 12.0. The van der Waals surface area contributed by atoms with Gasteiger partial charge in [0.05, 0.1) is 5.69 Å². The van der Waals surface area contributed by atoms with Crippen molar-refractivity contribution in [3.63, 3.8) is 0 Å². The average molecular weight is 268 g/mol. The summed E-state index contributed by atoms with van der Waals surface area (Å²) < 4.78 is 5.82. The molecule has 1 aliphatic heterocycles. The molecule has 1 N–H and O–H groups in total. The number of aryl methyl sites for hydroxylation is 1. The van der Waals surface area contributed by atoms with E-state index in [-0.39, 0.29) is 0 Å². The number of anilines is 2. The Balaban J connectivity index is 1.82. The topological polar surface area (TPSA) is 24.5 Å². The quantitative estimate of drug-likeness (QED) is 0.923. The number of ether oxygens (including phenoxy) is 1. The molecule has 2 aromatic carbocycles. The first-order chi connectivity index (χ1) is 9.74. The summed E-state index contributed by atoms with van der Waals surface area (Å²) in [7, 11) is 2.11. The average Bonchev–Trinajstić information content (AvgIpc) is 2.48. The van der Waals surface area contributed by atoms with Gasteiger partial charge in [-0.2, -0.15) is 0 Å². The number of fused-ring (bicyclic) bond motifs is 1. The monoisotopic (exact) mass is 268 g/mol. The molecule has 0 fully saturated rings. The highest BCUT2D eigenvalue weighted by molar-refractivity contribution is 5.62. The fourth-order valence-corrected chi connectivity index (χ4v) is 2.50. The van der Waals surface area contributed by atoms with Gasteiger partial charge in [-0.1, -0.05) is 29.8 Å². The zero-order chi connectivity index (χ0) is 13.9. The molecule has 104 valence electrons. The van der Waals surface area contributed by atoms with Crippen molar-refractivity contribution in [3.8, 4) is 5.75 Å². The summed E-state index contributed by atoms with van der Waals surface area (Å²) in [5.74, 6) is 0.998. The largest absolute Gasteiger partial charge is 0.489 e. The van der Waals surface area contributed by atoms with Crippen molar-refractivity contribution in [2.75, 3.05) is 30.4 Å². The van der Waals surface area contributed by atoms with E-state index in [1.165, 1.54) is 16.8 Å². The third-order valence-electron chi connectivity index (χ3n) is 3.64. The molecule has 1 heterocycles. The first-order valence-corrected chi connectivity index (χ1v) is 7.00. The minimum absolute atomic E-state index is 0.734. The van der Waals surface area contributed by atoms with Crippen LogP contribution in [0, 0.1) is 6.92 Å². The Morgan fingerprint density at radius 1 is 1.15 bits per heavy atom. The lowest BCUT2D eigenvalue weighted by Gasteiger charge is -2.25. The Hall–Kier alpha value is -2.16. The van der Waals surface area contributed by atoms with E-state index in [2.05, 4.69) is 66.7 Å². The van der Waals surface area contributed by atoms with Crippen LogP contribution in [-0.4, -0.2) is 20.2 Å². The molecule has 3 nitrogen and oxygen atoms in total. The first-order valence-electron chi connectivity index (χ1n) is 7.00. The summed E-state index contributed by atoms with van der Waals surface area (Å²) in [4.78, 5) is 2.24. The number of rotatable bonds is 3. The lowest BCUT2D eigenvalue weighted by molar-refractivity contribution is 0.320. The number of nitrogens with zero attached hydrogens (tertiary/aromatic N) is 1. The van der Waals surface area contributed by atoms with Crippen molar-refractivity contribution in [2.45, 2.75) is 13.5 Å².